The second-order valence-electron chi connectivity index (χ2n) is 4.33. The van der Waals surface area contributed by atoms with Gasteiger partial charge in [0, 0.05) is 21.7 Å². The molecule has 0 fully saturated rings. The van der Waals surface area contributed by atoms with E-state index in [1.165, 1.54) is 25.3 Å². The molecule has 22 heavy (non-hydrogen) atoms. The molecule has 0 bridgehead atoms. The number of ether oxygens (including phenoxy) is 2. The molecule has 2 aromatic carbocycles. The van der Waals surface area contributed by atoms with Crippen LogP contribution in [-0.2, 0) is 11.2 Å². The third kappa shape index (κ3) is 3.70. The van der Waals surface area contributed by atoms with E-state index in [0.717, 1.165) is 0 Å². The lowest BCUT2D eigenvalue weighted by atomic mass is 10.1. The van der Waals surface area contributed by atoms with E-state index in [1.807, 2.05) is 6.07 Å². The molecule has 2 aromatic rings. The number of halogens is 2. The van der Waals surface area contributed by atoms with E-state index in [0.29, 0.717) is 26.9 Å². The molecule has 2 rings (SSSR count). The molecule has 6 heteroatoms. The maximum absolute atomic E-state index is 12.0. The topological polar surface area (TPSA) is 59.3 Å². The highest BCUT2D eigenvalue weighted by atomic mass is 35.5. The van der Waals surface area contributed by atoms with E-state index in [1.54, 1.807) is 18.2 Å². The van der Waals surface area contributed by atoms with Gasteiger partial charge in [-0.1, -0.05) is 29.3 Å². The summed E-state index contributed by atoms with van der Waals surface area (Å²) in [5.74, 6) is 0.00494. The summed E-state index contributed by atoms with van der Waals surface area (Å²) < 4.78 is 10.4. The van der Waals surface area contributed by atoms with E-state index in [2.05, 4.69) is 0 Å². The molecule has 0 saturated heterocycles. The maximum atomic E-state index is 12.0. The lowest BCUT2D eigenvalue weighted by Crippen LogP contribution is -2.12. The molecule has 0 aliphatic carbocycles. The fraction of sp³-hybridized carbons (Fsp3) is 0.125. The van der Waals surface area contributed by atoms with Gasteiger partial charge in [0.25, 0.3) is 0 Å². The first kappa shape index (κ1) is 16.2. The van der Waals surface area contributed by atoms with E-state index < -0.39 is 5.97 Å². The average Bonchev–Trinajstić information content (AvgIpc) is 2.51. The first-order valence-corrected chi connectivity index (χ1v) is 7.02. The van der Waals surface area contributed by atoms with E-state index in [9.17, 15) is 4.79 Å². The Kier molecular flexibility index (Phi) is 5.26. The van der Waals surface area contributed by atoms with E-state index >= 15 is 0 Å². The standard InChI is InChI=1S/C16H11Cl2NO3/c1-21-15-7-10(9-19)5-6-14(15)22-16(20)8-11-12(17)3-2-4-13(11)18/h2-7H,8H2,1H3. The maximum Gasteiger partial charge on any atom is 0.315 e. The Morgan fingerprint density at radius 3 is 2.45 bits per heavy atom. The van der Waals surface area contributed by atoms with Crippen LogP contribution in [0.1, 0.15) is 11.1 Å². The van der Waals surface area contributed by atoms with Crippen LogP contribution in [0.15, 0.2) is 36.4 Å². The van der Waals surface area contributed by atoms with Gasteiger partial charge >= 0.3 is 5.97 Å². The third-order valence-corrected chi connectivity index (χ3v) is 3.61. The van der Waals surface area contributed by atoms with Gasteiger partial charge in [0.2, 0.25) is 0 Å². The highest BCUT2D eigenvalue weighted by Crippen LogP contribution is 2.29. The molecule has 0 radical (unpaired) electrons. The normalized spacial score (nSPS) is 9.91. The van der Waals surface area contributed by atoms with Gasteiger partial charge < -0.3 is 9.47 Å². The van der Waals surface area contributed by atoms with Gasteiger partial charge in [-0.3, -0.25) is 4.79 Å². The third-order valence-electron chi connectivity index (χ3n) is 2.90. The molecule has 112 valence electrons. The second-order valence-corrected chi connectivity index (χ2v) is 5.14. The number of esters is 1. The Morgan fingerprint density at radius 1 is 1.18 bits per heavy atom. The predicted octanol–water partition coefficient (Wildman–Crippen LogP) is 4.02. The van der Waals surface area contributed by atoms with Crippen LogP contribution in [0.25, 0.3) is 0 Å². The number of nitrogens with zero attached hydrogens (tertiary/aromatic N) is 1. The van der Waals surface area contributed by atoms with Crippen molar-refractivity contribution in [1.29, 1.82) is 5.26 Å². The molecule has 4 nitrogen and oxygen atoms in total. The van der Waals surface area contributed by atoms with Crippen LogP contribution in [0.3, 0.4) is 0 Å². The van der Waals surface area contributed by atoms with Crippen molar-refractivity contribution < 1.29 is 14.3 Å². The Labute approximate surface area is 137 Å². The summed E-state index contributed by atoms with van der Waals surface area (Å²) >= 11 is 12.0. The first-order chi connectivity index (χ1) is 10.5. The van der Waals surface area contributed by atoms with Crippen molar-refractivity contribution in [1.82, 2.24) is 0 Å². The van der Waals surface area contributed by atoms with Gasteiger partial charge in [0.1, 0.15) is 0 Å². The van der Waals surface area contributed by atoms with E-state index in [-0.39, 0.29) is 12.2 Å². The Hall–Kier alpha value is -2.22. The molecule has 0 heterocycles. The number of hydrogen-bond donors (Lipinski definition) is 0. The highest BCUT2D eigenvalue weighted by Gasteiger charge is 2.15. The lowest BCUT2D eigenvalue weighted by molar-refractivity contribution is -0.133. The largest absolute Gasteiger partial charge is 0.493 e. The van der Waals surface area contributed by atoms with Gasteiger partial charge in [-0.25, -0.2) is 0 Å². The molecule has 0 saturated carbocycles. The zero-order valence-corrected chi connectivity index (χ0v) is 13.1. The van der Waals surface area contributed by atoms with Crippen LogP contribution in [0.4, 0.5) is 0 Å². The molecule has 0 aliphatic heterocycles. The lowest BCUT2D eigenvalue weighted by Gasteiger charge is -2.10. The number of carbonyl (C=O) groups excluding carboxylic acids is 1. The van der Waals surface area contributed by atoms with Gasteiger partial charge in [0.15, 0.2) is 11.5 Å². The Balaban J connectivity index is 2.18. The summed E-state index contributed by atoms with van der Waals surface area (Å²) in [4.78, 5) is 12.0. The second kappa shape index (κ2) is 7.17. The fourth-order valence-corrected chi connectivity index (χ4v) is 2.36. The molecular formula is C16H11Cl2NO3. The predicted molar refractivity (Wildman–Crippen MR) is 83.5 cm³/mol. The smallest absolute Gasteiger partial charge is 0.315 e. The van der Waals surface area contributed by atoms with Gasteiger partial charge in [-0.15, -0.1) is 0 Å². The van der Waals surface area contributed by atoms with Crippen LogP contribution in [0.2, 0.25) is 10.0 Å². The van der Waals surface area contributed by atoms with Crippen LogP contribution < -0.4 is 9.47 Å². The number of benzene rings is 2. The van der Waals surface area contributed by atoms with Crippen molar-refractivity contribution in [2.75, 3.05) is 7.11 Å². The Morgan fingerprint density at radius 2 is 1.86 bits per heavy atom. The number of methoxy groups -OCH3 is 1. The molecule has 0 aromatic heterocycles. The van der Waals surface area contributed by atoms with Crippen molar-refractivity contribution in [3.05, 3.63) is 57.6 Å². The van der Waals surface area contributed by atoms with Gasteiger partial charge in [-0.2, -0.15) is 5.26 Å². The van der Waals surface area contributed by atoms with Gasteiger partial charge in [0.05, 0.1) is 25.2 Å². The molecule has 0 N–H and O–H groups in total. The minimum absolute atomic E-state index is 0.0678. The zero-order valence-electron chi connectivity index (χ0n) is 11.6. The van der Waals surface area contributed by atoms with Gasteiger partial charge in [-0.05, 0) is 24.3 Å². The van der Waals surface area contributed by atoms with Crippen molar-refractivity contribution in [2.24, 2.45) is 0 Å². The van der Waals surface area contributed by atoms with Crippen molar-refractivity contribution in [3.63, 3.8) is 0 Å². The average molecular weight is 336 g/mol. The quantitative estimate of drug-likeness (QED) is 0.625. The van der Waals surface area contributed by atoms with Crippen molar-refractivity contribution in [3.8, 4) is 17.6 Å². The summed E-state index contributed by atoms with van der Waals surface area (Å²) in [6.45, 7) is 0. The number of carbonyl (C=O) groups is 1. The summed E-state index contributed by atoms with van der Waals surface area (Å²) in [5.41, 5.74) is 0.911. The molecule has 0 aliphatic rings. The first-order valence-electron chi connectivity index (χ1n) is 6.27. The van der Waals surface area contributed by atoms with Crippen LogP contribution >= 0.6 is 23.2 Å². The number of nitriles is 1. The van der Waals surface area contributed by atoms with Crippen molar-refractivity contribution in [2.45, 2.75) is 6.42 Å². The minimum atomic E-state index is -0.530. The summed E-state index contributed by atoms with van der Waals surface area (Å²) in [6, 6.07) is 11.5. The summed E-state index contributed by atoms with van der Waals surface area (Å²) in [6.07, 6.45) is -0.0678. The molecular weight excluding hydrogens is 325 g/mol. The Bertz CT molecular complexity index is 733. The van der Waals surface area contributed by atoms with Crippen molar-refractivity contribution >= 4 is 29.2 Å². The molecule has 0 atom stereocenters. The monoisotopic (exact) mass is 335 g/mol. The molecule has 0 unspecified atom stereocenters. The van der Waals surface area contributed by atoms with Crippen LogP contribution in [0, 0.1) is 11.3 Å². The van der Waals surface area contributed by atoms with E-state index in [4.69, 9.17) is 37.9 Å². The molecule has 0 amide bonds. The van der Waals surface area contributed by atoms with Crippen LogP contribution in [0.5, 0.6) is 11.5 Å². The SMILES string of the molecule is COc1cc(C#N)ccc1OC(=O)Cc1c(Cl)cccc1Cl. The number of rotatable bonds is 4. The summed E-state index contributed by atoms with van der Waals surface area (Å²) in [7, 11) is 1.43. The summed E-state index contributed by atoms with van der Waals surface area (Å²) in [5, 5.41) is 9.64. The highest BCUT2D eigenvalue weighted by molar-refractivity contribution is 6.36. The zero-order chi connectivity index (χ0) is 16.1. The molecule has 0 spiro atoms. The van der Waals surface area contributed by atoms with Crippen LogP contribution in [-0.4, -0.2) is 13.1 Å². The fourth-order valence-electron chi connectivity index (χ4n) is 1.83. The number of hydrogen-bond acceptors (Lipinski definition) is 4. The minimum Gasteiger partial charge on any atom is -0.493 e.